The zero-order chi connectivity index (χ0) is 22.4. The van der Waals surface area contributed by atoms with Gasteiger partial charge in [-0.1, -0.05) is 0 Å². The largest absolute Gasteiger partial charge is 0.283 e. The van der Waals surface area contributed by atoms with Gasteiger partial charge in [0, 0.05) is 31.3 Å². The molecule has 0 atom stereocenters. The molecule has 0 unspecified atom stereocenters. The van der Waals surface area contributed by atoms with Gasteiger partial charge in [-0.2, -0.15) is 26.3 Å². The Morgan fingerprint density at radius 3 is 0.533 bits per heavy atom. The van der Waals surface area contributed by atoms with E-state index in [-0.39, 0.29) is 0 Å². The molecular formula is C18F12. The van der Waals surface area contributed by atoms with E-state index in [1.54, 1.807) is 0 Å². The van der Waals surface area contributed by atoms with Crippen LogP contribution in [0.2, 0.25) is 0 Å². The third-order valence-electron chi connectivity index (χ3n) is 4.70. The van der Waals surface area contributed by atoms with Crippen LogP contribution in [0.4, 0.5) is 52.7 Å². The van der Waals surface area contributed by atoms with Crippen LogP contribution < -0.4 is 31.3 Å². The summed E-state index contributed by atoms with van der Waals surface area (Å²) in [4.78, 5) is 0. The molecule has 3 aliphatic carbocycles. The van der Waals surface area contributed by atoms with Gasteiger partial charge in [-0.05, 0) is 0 Å². The van der Waals surface area contributed by atoms with Crippen LogP contribution in [0.25, 0.3) is 35.0 Å². The summed E-state index contributed by atoms with van der Waals surface area (Å²) in [6, 6.07) is 0. The molecule has 0 heterocycles. The van der Waals surface area contributed by atoms with Crippen molar-refractivity contribution in [3.05, 3.63) is 66.3 Å². The van der Waals surface area contributed by atoms with Crippen LogP contribution in [0.5, 0.6) is 0 Å². The van der Waals surface area contributed by atoms with E-state index in [1.165, 1.54) is 0 Å². The molecule has 1 aromatic carbocycles. The Morgan fingerprint density at radius 2 is 0.433 bits per heavy atom. The molecule has 30 heavy (non-hydrogen) atoms. The highest BCUT2D eigenvalue weighted by Gasteiger charge is 2.37. The van der Waals surface area contributed by atoms with Crippen LogP contribution in [-0.4, -0.2) is 0 Å². The first-order valence-electron chi connectivity index (χ1n) is 7.52. The normalized spacial score (nSPS) is 17.4. The highest BCUT2D eigenvalue weighted by molar-refractivity contribution is 5.91. The number of benzene rings is 1. The quantitative estimate of drug-likeness (QED) is 0.541. The van der Waals surface area contributed by atoms with Crippen molar-refractivity contribution in [1.29, 1.82) is 0 Å². The molecule has 0 N–H and O–H groups in total. The second kappa shape index (κ2) is 6.16. The van der Waals surface area contributed by atoms with E-state index in [2.05, 4.69) is 0 Å². The van der Waals surface area contributed by atoms with Crippen molar-refractivity contribution in [2.45, 2.75) is 0 Å². The molecule has 1 aromatic rings. The maximum absolute atomic E-state index is 14.5. The lowest BCUT2D eigenvalue weighted by molar-refractivity contribution is 0.413. The molecule has 4 rings (SSSR count). The lowest BCUT2D eigenvalue weighted by atomic mass is 10.1. The monoisotopic (exact) mass is 444 g/mol. The highest BCUT2D eigenvalue weighted by atomic mass is 19.3. The van der Waals surface area contributed by atoms with Gasteiger partial charge in [-0.15, -0.1) is 0 Å². The average Bonchev–Trinajstić information content (AvgIpc) is 3.14. The molecule has 0 aliphatic heterocycles. The summed E-state index contributed by atoms with van der Waals surface area (Å²) in [5.41, 5.74) is -6.46. The minimum atomic E-state index is -3.06. The Kier molecular flexibility index (Phi) is 4.13. The highest BCUT2D eigenvalue weighted by Crippen LogP contribution is 2.33. The fraction of sp³-hybridized carbons (Fsp3) is 0. The second-order valence-corrected chi connectivity index (χ2v) is 6.04. The maximum Gasteiger partial charge on any atom is 0.283 e. The first-order chi connectivity index (χ1) is 13.9. The predicted molar refractivity (Wildman–Crippen MR) is 79.0 cm³/mol. The Morgan fingerprint density at radius 1 is 0.300 bits per heavy atom. The number of fused-ring (bicyclic) bond motifs is 6. The van der Waals surface area contributed by atoms with Crippen molar-refractivity contribution >= 4 is 35.0 Å². The van der Waals surface area contributed by atoms with Crippen LogP contribution in [0, 0.1) is 0 Å². The first kappa shape index (κ1) is 20.1. The third-order valence-corrected chi connectivity index (χ3v) is 4.70. The molecule has 0 saturated heterocycles. The van der Waals surface area contributed by atoms with Gasteiger partial charge in [-0.3, -0.25) is 0 Å². The average molecular weight is 444 g/mol. The number of hydrogen-bond donors (Lipinski definition) is 0. The minimum Gasteiger partial charge on any atom is -0.205 e. The molecule has 0 fully saturated rings. The van der Waals surface area contributed by atoms with Gasteiger partial charge in [0.2, 0.25) is 0 Å². The summed E-state index contributed by atoms with van der Waals surface area (Å²) in [5, 5.41) is -9.77. The third kappa shape index (κ3) is 2.16. The van der Waals surface area contributed by atoms with Gasteiger partial charge in [-0.25, -0.2) is 26.3 Å². The zero-order valence-corrected chi connectivity index (χ0v) is 13.5. The Bertz CT molecular complexity index is 1240. The standard InChI is InChI=1S/C18F12/c19-10-1-2(11(20)7(10)16(25)26)4-6(15(24)9(14(4)23)18(29)30)5-3(1)12(21)8(13(5)22)17(27)28. The first-order valence-corrected chi connectivity index (χ1v) is 7.52. The van der Waals surface area contributed by atoms with Crippen molar-refractivity contribution in [2.75, 3.05) is 0 Å². The zero-order valence-electron chi connectivity index (χ0n) is 13.5. The second-order valence-electron chi connectivity index (χ2n) is 6.04. The van der Waals surface area contributed by atoms with Gasteiger partial charge in [0.1, 0.15) is 51.7 Å². The molecule has 3 aliphatic rings. The van der Waals surface area contributed by atoms with Crippen LogP contribution in [0.15, 0.2) is 35.0 Å². The SMILES string of the molecule is FC(F)=C1C(F)=c2c3c(c4c(c2=C1F)=C(F)C(=C(F)F)C=4F)=C(F)C(=C(F)F)C=3F. The van der Waals surface area contributed by atoms with E-state index in [0.717, 1.165) is 0 Å². The van der Waals surface area contributed by atoms with E-state index in [0.29, 0.717) is 0 Å². The molecule has 0 amide bonds. The topological polar surface area (TPSA) is 0 Å². The molecule has 0 bridgehead atoms. The number of hydrogen-bond acceptors (Lipinski definition) is 0. The summed E-state index contributed by atoms with van der Waals surface area (Å²) in [5.74, 6) is -13.8. The molecule has 0 nitrogen and oxygen atoms in total. The van der Waals surface area contributed by atoms with Crippen LogP contribution in [-0.2, 0) is 0 Å². The summed E-state index contributed by atoms with van der Waals surface area (Å²) in [7, 11) is 0. The molecule has 12 heteroatoms. The minimum absolute atomic E-state index is 1.63. The van der Waals surface area contributed by atoms with Crippen molar-refractivity contribution in [1.82, 2.24) is 0 Å². The van der Waals surface area contributed by atoms with E-state index in [4.69, 9.17) is 0 Å². The molecule has 0 saturated carbocycles. The number of allylic oxidation sites excluding steroid dienone is 3. The summed E-state index contributed by atoms with van der Waals surface area (Å²) < 4.78 is 165. The number of rotatable bonds is 0. The van der Waals surface area contributed by atoms with Crippen molar-refractivity contribution < 1.29 is 52.7 Å². The van der Waals surface area contributed by atoms with Crippen LogP contribution >= 0.6 is 0 Å². The van der Waals surface area contributed by atoms with Gasteiger partial charge in [0.15, 0.2) is 0 Å². The van der Waals surface area contributed by atoms with Gasteiger partial charge in [0.25, 0.3) is 18.2 Å². The van der Waals surface area contributed by atoms with Crippen LogP contribution in [0.3, 0.4) is 0 Å². The Hall–Kier alpha value is -3.18. The fourth-order valence-corrected chi connectivity index (χ4v) is 3.60. The van der Waals surface area contributed by atoms with Crippen LogP contribution in [0.1, 0.15) is 0 Å². The van der Waals surface area contributed by atoms with Crippen molar-refractivity contribution in [3.63, 3.8) is 0 Å². The molecule has 0 aromatic heterocycles. The van der Waals surface area contributed by atoms with Gasteiger partial charge in [0.05, 0.1) is 0 Å². The fourth-order valence-electron chi connectivity index (χ4n) is 3.60. The van der Waals surface area contributed by atoms with Gasteiger partial charge >= 0.3 is 0 Å². The Labute approximate surface area is 155 Å². The Balaban J connectivity index is 2.66. The molecule has 0 radical (unpaired) electrons. The summed E-state index contributed by atoms with van der Waals surface area (Å²) in [6.45, 7) is 0. The summed E-state index contributed by atoms with van der Waals surface area (Å²) in [6.07, 6.45) is -9.18. The van der Waals surface area contributed by atoms with E-state index in [1.807, 2.05) is 0 Å². The smallest absolute Gasteiger partial charge is 0.205 e. The molecule has 156 valence electrons. The van der Waals surface area contributed by atoms with Crippen molar-refractivity contribution in [2.24, 2.45) is 0 Å². The van der Waals surface area contributed by atoms with E-state index in [9.17, 15) is 52.7 Å². The summed E-state index contributed by atoms with van der Waals surface area (Å²) >= 11 is 0. The van der Waals surface area contributed by atoms with E-state index < -0.39 is 101 Å². The number of halogens is 12. The lowest BCUT2D eigenvalue weighted by Crippen LogP contribution is -2.64. The van der Waals surface area contributed by atoms with Crippen molar-refractivity contribution in [3.8, 4) is 0 Å². The lowest BCUT2D eigenvalue weighted by Gasteiger charge is -1.94. The molecule has 0 spiro atoms. The molecular weight excluding hydrogens is 444 g/mol. The van der Waals surface area contributed by atoms with E-state index >= 15 is 0 Å². The maximum atomic E-state index is 14.5. The predicted octanol–water partition coefficient (Wildman–Crippen LogP) is 2.65. The van der Waals surface area contributed by atoms with Gasteiger partial charge < -0.3 is 0 Å².